The normalized spacial score (nSPS) is 10.3. The Kier molecular flexibility index (Phi) is 4.03. The molecule has 0 fully saturated rings. The summed E-state index contributed by atoms with van der Waals surface area (Å²) in [6.07, 6.45) is 0. The Balaban J connectivity index is 2.12. The fourth-order valence-corrected chi connectivity index (χ4v) is 2.08. The zero-order chi connectivity index (χ0) is 14.7. The van der Waals surface area contributed by atoms with E-state index in [0.29, 0.717) is 12.1 Å². The predicted molar refractivity (Wildman–Crippen MR) is 78.2 cm³/mol. The van der Waals surface area contributed by atoms with Gasteiger partial charge in [0.05, 0.1) is 0 Å². The van der Waals surface area contributed by atoms with Gasteiger partial charge in [0.2, 0.25) is 5.91 Å². The van der Waals surface area contributed by atoms with E-state index in [9.17, 15) is 9.18 Å². The summed E-state index contributed by atoms with van der Waals surface area (Å²) in [7, 11) is 0. The standard InChI is InChI=1S/C16H17FN2O/c1-10-5-14(17)8-15(6-10)19-9-13-4-3-12(16(18)20)7-11(13)2/h3-8,19H,9H2,1-2H3,(H2,18,20). The Morgan fingerprint density at radius 2 is 1.95 bits per heavy atom. The topological polar surface area (TPSA) is 55.1 Å². The van der Waals surface area contributed by atoms with Crippen LogP contribution in [-0.2, 0) is 6.54 Å². The summed E-state index contributed by atoms with van der Waals surface area (Å²) in [4.78, 5) is 11.1. The largest absolute Gasteiger partial charge is 0.381 e. The molecule has 104 valence electrons. The minimum atomic E-state index is -0.437. The van der Waals surface area contributed by atoms with Crippen LogP contribution in [0.25, 0.3) is 0 Å². The fraction of sp³-hybridized carbons (Fsp3) is 0.188. The molecular formula is C16H17FN2O. The number of carbonyl (C=O) groups excluding carboxylic acids is 1. The monoisotopic (exact) mass is 272 g/mol. The lowest BCUT2D eigenvalue weighted by Gasteiger charge is -2.11. The van der Waals surface area contributed by atoms with Gasteiger partial charge in [0.25, 0.3) is 0 Å². The van der Waals surface area contributed by atoms with E-state index in [1.54, 1.807) is 12.1 Å². The van der Waals surface area contributed by atoms with Crippen molar-refractivity contribution in [2.24, 2.45) is 5.73 Å². The van der Waals surface area contributed by atoms with Gasteiger partial charge in [-0.2, -0.15) is 0 Å². The minimum absolute atomic E-state index is 0.256. The van der Waals surface area contributed by atoms with Gasteiger partial charge in [0.1, 0.15) is 5.82 Å². The summed E-state index contributed by atoms with van der Waals surface area (Å²) < 4.78 is 13.3. The number of nitrogens with two attached hydrogens (primary N) is 1. The number of amides is 1. The number of hydrogen-bond donors (Lipinski definition) is 2. The first-order valence-corrected chi connectivity index (χ1v) is 6.36. The molecule has 0 aliphatic carbocycles. The van der Waals surface area contributed by atoms with Gasteiger partial charge in [0.15, 0.2) is 0 Å². The maximum atomic E-state index is 13.3. The Labute approximate surface area is 117 Å². The van der Waals surface area contributed by atoms with Crippen LogP contribution in [0.3, 0.4) is 0 Å². The second-order valence-corrected chi connectivity index (χ2v) is 4.88. The third-order valence-electron chi connectivity index (χ3n) is 3.15. The second kappa shape index (κ2) is 5.74. The number of primary amides is 1. The lowest BCUT2D eigenvalue weighted by atomic mass is 10.0. The highest BCUT2D eigenvalue weighted by Gasteiger charge is 2.05. The molecule has 1 amide bonds. The molecule has 0 radical (unpaired) electrons. The van der Waals surface area contributed by atoms with E-state index in [0.717, 1.165) is 22.4 Å². The van der Waals surface area contributed by atoms with Crippen LogP contribution in [0.1, 0.15) is 27.0 Å². The molecule has 0 bridgehead atoms. The molecule has 0 unspecified atom stereocenters. The molecule has 0 heterocycles. The van der Waals surface area contributed by atoms with Crippen molar-refractivity contribution < 1.29 is 9.18 Å². The SMILES string of the molecule is Cc1cc(F)cc(NCc2ccc(C(N)=O)cc2C)c1. The number of halogens is 1. The van der Waals surface area contributed by atoms with Crippen LogP contribution in [0, 0.1) is 19.7 Å². The molecule has 3 nitrogen and oxygen atoms in total. The van der Waals surface area contributed by atoms with Crippen molar-refractivity contribution in [3.63, 3.8) is 0 Å². The zero-order valence-electron chi connectivity index (χ0n) is 11.5. The molecule has 2 rings (SSSR count). The number of anilines is 1. The van der Waals surface area contributed by atoms with Gasteiger partial charge >= 0.3 is 0 Å². The number of nitrogens with one attached hydrogen (secondary N) is 1. The third kappa shape index (κ3) is 3.35. The fourth-order valence-electron chi connectivity index (χ4n) is 2.08. The van der Waals surface area contributed by atoms with Crippen molar-refractivity contribution in [1.82, 2.24) is 0 Å². The molecule has 4 heteroatoms. The maximum Gasteiger partial charge on any atom is 0.248 e. The van der Waals surface area contributed by atoms with Crippen molar-refractivity contribution in [3.8, 4) is 0 Å². The highest BCUT2D eigenvalue weighted by molar-refractivity contribution is 5.93. The molecule has 3 N–H and O–H groups in total. The molecular weight excluding hydrogens is 255 g/mol. The molecule has 0 atom stereocenters. The van der Waals surface area contributed by atoms with Crippen LogP contribution in [-0.4, -0.2) is 5.91 Å². The Morgan fingerprint density at radius 1 is 1.20 bits per heavy atom. The van der Waals surface area contributed by atoms with Gasteiger partial charge in [-0.3, -0.25) is 4.79 Å². The number of benzene rings is 2. The van der Waals surface area contributed by atoms with Crippen LogP contribution in [0.2, 0.25) is 0 Å². The molecule has 0 aliphatic rings. The molecule has 0 aliphatic heterocycles. The average molecular weight is 272 g/mol. The van der Waals surface area contributed by atoms with Crippen molar-refractivity contribution in [1.29, 1.82) is 0 Å². The summed E-state index contributed by atoms with van der Waals surface area (Å²) in [6, 6.07) is 10.1. The maximum absolute atomic E-state index is 13.3. The zero-order valence-corrected chi connectivity index (χ0v) is 11.5. The van der Waals surface area contributed by atoms with Crippen molar-refractivity contribution in [2.75, 3.05) is 5.32 Å². The summed E-state index contributed by atoms with van der Waals surface area (Å²) in [6.45, 7) is 4.33. The van der Waals surface area contributed by atoms with Crippen molar-refractivity contribution in [3.05, 3.63) is 64.5 Å². The Hall–Kier alpha value is -2.36. The quantitative estimate of drug-likeness (QED) is 0.898. The first kappa shape index (κ1) is 14.1. The van der Waals surface area contributed by atoms with Crippen LogP contribution in [0.5, 0.6) is 0 Å². The van der Waals surface area contributed by atoms with Gasteiger partial charge in [0, 0.05) is 17.8 Å². The molecule has 0 saturated heterocycles. The molecule has 0 spiro atoms. The van der Waals surface area contributed by atoms with E-state index in [2.05, 4.69) is 5.32 Å². The van der Waals surface area contributed by atoms with E-state index in [1.807, 2.05) is 26.0 Å². The highest BCUT2D eigenvalue weighted by atomic mass is 19.1. The van der Waals surface area contributed by atoms with Gasteiger partial charge in [-0.15, -0.1) is 0 Å². The smallest absolute Gasteiger partial charge is 0.248 e. The van der Waals surface area contributed by atoms with Crippen molar-refractivity contribution in [2.45, 2.75) is 20.4 Å². The van der Waals surface area contributed by atoms with Gasteiger partial charge < -0.3 is 11.1 Å². The third-order valence-corrected chi connectivity index (χ3v) is 3.15. The van der Waals surface area contributed by atoms with Gasteiger partial charge in [-0.25, -0.2) is 4.39 Å². The van der Waals surface area contributed by atoms with Gasteiger partial charge in [-0.05, 0) is 60.9 Å². The Morgan fingerprint density at radius 3 is 2.55 bits per heavy atom. The average Bonchev–Trinajstić information content (AvgIpc) is 2.36. The number of aryl methyl sites for hydroxylation is 2. The summed E-state index contributed by atoms with van der Waals surface area (Å²) in [5.74, 6) is -0.693. The van der Waals surface area contributed by atoms with E-state index in [4.69, 9.17) is 5.73 Å². The van der Waals surface area contributed by atoms with Crippen LogP contribution < -0.4 is 11.1 Å². The minimum Gasteiger partial charge on any atom is -0.381 e. The first-order chi connectivity index (χ1) is 9.45. The molecule has 2 aromatic carbocycles. The lowest BCUT2D eigenvalue weighted by molar-refractivity contribution is 0.1000. The van der Waals surface area contributed by atoms with Crippen LogP contribution in [0.15, 0.2) is 36.4 Å². The van der Waals surface area contributed by atoms with Crippen LogP contribution in [0.4, 0.5) is 10.1 Å². The number of carbonyl (C=O) groups is 1. The summed E-state index contributed by atoms with van der Waals surface area (Å²) in [5, 5.41) is 3.18. The number of rotatable bonds is 4. The van der Waals surface area contributed by atoms with E-state index in [-0.39, 0.29) is 5.82 Å². The lowest BCUT2D eigenvalue weighted by Crippen LogP contribution is -2.11. The van der Waals surface area contributed by atoms with Crippen molar-refractivity contribution >= 4 is 11.6 Å². The molecule has 2 aromatic rings. The Bertz CT molecular complexity index is 633. The highest BCUT2D eigenvalue weighted by Crippen LogP contribution is 2.16. The van der Waals surface area contributed by atoms with Gasteiger partial charge in [-0.1, -0.05) is 6.07 Å². The second-order valence-electron chi connectivity index (χ2n) is 4.88. The molecule has 20 heavy (non-hydrogen) atoms. The van der Waals surface area contributed by atoms with E-state index >= 15 is 0 Å². The van der Waals surface area contributed by atoms with Crippen LogP contribution >= 0.6 is 0 Å². The molecule has 0 saturated carbocycles. The molecule has 0 aromatic heterocycles. The first-order valence-electron chi connectivity index (χ1n) is 6.36. The summed E-state index contributed by atoms with van der Waals surface area (Å²) in [5.41, 5.74) is 9.35. The number of hydrogen-bond acceptors (Lipinski definition) is 2. The summed E-state index contributed by atoms with van der Waals surface area (Å²) >= 11 is 0. The van der Waals surface area contributed by atoms with E-state index in [1.165, 1.54) is 12.1 Å². The van der Waals surface area contributed by atoms with E-state index < -0.39 is 5.91 Å². The predicted octanol–water partition coefficient (Wildman–Crippen LogP) is 3.15.